The van der Waals surface area contributed by atoms with Gasteiger partial charge in [-0.1, -0.05) is 23.7 Å². The van der Waals surface area contributed by atoms with Gasteiger partial charge in [0.15, 0.2) is 6.04 Å². The molecule has 1 aromatic heterocycles. The summed E-state index contributed by atoms with van der Waals surface area (Å²) in [6.45, 7) is 2.22. The molecule has 3 fully saturated rings. The molecule has 0 bridgehead atoms. The number of aromatic nitrogens is 1. The normalized spacial score (nSPS) is 24.2. The van der Waals surface area contributed by atoms with Crippen molar-refractivity contribution in [2.24, 2.45) is 5.92 Å². The highest BCUT2D eigenvalue weighted by atomic mass is 35.5. The highest BCUT2D eigenvalue weighted by Gasteiger charge is 2.54. The summed E-state index contributed by atoms with van der Waals surface area (Å²) >= 11 is 5.90. The van der Waals surface area contributed by atoms with Gasteiger partial charge in [-0.15, -0.1) is 0 Å². The molecule has 39 heavy (non-hydrogen) atoms. The van der Waals surface area contributed by atoms with E-state index >= 15 is 0 Å². The number of nitrogens with one attached hydrogen (secondary N) is 1. The SMILES string of the molecule is O=C1N(C(c2ccc(NC3Cc4ccc(Cl)c(F)c4C3)nc2)C(F)(F)F)CCOC12CCN(CC1CC1)CC2. The van der Waals surface area contributed by atoms with Crippen molar-refractivity contribution in [2.75, 3.05) is 38.1 Å². The van der Waals surface area contributed by atoms with Gasteiger partial charge in [0.05, 0.1) is 11.6 Å². The third-order valence-electron chi connectivity index (χ3n) is 8.52. The molecule has 1 saturated carbocycles. The van der Waals surface area contributed by atoms with Gasteiger partial charge in [-0.2, -0.15) is 13.2 Å². The molecule has 1 N–H and O–H groups in total. The third kappa shape index (κ3) is 5.35. The van der Waals surface area contributed by atoms with Crippen LogP contribution in [0.15, 0.2) is 30.5 Å². The number of hydrogen-bond acceptors (Lipinski definition) is 5. The van der Waals surface area contributed by atoms with Crippen molar-refractivity contribution in [3.05, 3.63) is 58.0 Å². The maximum atomic E-state index is 14.4. The Morgan fingerprint density at radius 3 is 2.56 bits per heavy atom. The number of rotatable bonds is 6. The van der Waals surface area contributed by atoms with E-state index in [1.54, 1.807) is 6.07 Å². The molecule has 2 unspecified atom stereocenters. The molecular formula is C28H31ClF4N4O2. The second-order valence-corrected chi connectivity index (χ2v) is 11.7. The summed E-state index contributed by atoms with van der Waals surface area (Å²) in [5.41, 5.74) is 0.0946. The van der Waals surface area contributed by atoms with Crippen LogP contribution < -0.4 is 5.32 Å². The van der Waals surface area contributed by atoms with E-state index < -0.39 is 29.5 Å². The van der Waals surface area contributed by atoms with Gasteiger partial charge < -0.3 is 19.9 Å². The number of benzene rings is 1. The second kappa shape index (κ2) is 10.2. The van der Waals surface area contributed by atoms with E-state index in [1.165, 1.54) is 37.2 Å². The molecule has 4 aliphatic rings. The molecule has 2 atom stereocenters. The van der Waals surface area contributed by atoms with Crippen molar-refractivity contribution >= 4 is 23.3 Å². The second-order valence-electron chi connectivity index (χ2n) is 11.3. The molecule has 210 valence electrons. The smallest absolute Gasteiger partial charge is 0.367 e. The minimum atomic E-state index is -4.68. The fourth-order valence-corrected chi connectivity index (χ4v) is 6.45. The van der Waals surface area contributed by atoms with Gasteiger partial charge in [0.1, 0.15) is 17.2 Å². The minimum Gasteiger partial charge on any atom is -0.367 e. The number of fused-ring (bicyclic) bond motifs is 1. The number of amides is 1. The van der Waals surface area contributed by atoms with Crippen LogP contribution in [0.3, 0.4) is 0 Å². The lowest BCUT2D eigenvalue weighted by molar-refractivity contribution is -0.219. The van der Waals surface area contributed by atoms with E-state index in [-0.39, 0.29) is 29.8 Å². The molecule has 0 radical (unpaired) electrons. The Bertz CT molecular complexity index is 1230. The summed E-state index contributed by atoms with van der Waals surface area (Å²) in [6.07, 6.45) is 0.700. The average Bonchev–Trinajstić information content (AvgIpc) is 3.62. The van der Waals surface area contributed by atoms with E-state index in [0.717, 1.165) is 17.0 Å². The van der Waals surface area contributed by atoms with Gasteiger partial charge in [-0.3, -0.25) is 4.79 Å². The van der Waals surface area contributed by atoms with Crippen molar-refractivity contribution in [2.45, 2.75) is 62.4 Å². The van der Waals surface area contributed by atoms with Crippen molar-refractivity contribution in [3.63, 3.8) is 0 Å². The summed E-state index contributed by atoms with van der Waals surface area (Å²) in [4.78, 5) is 21.0. The van der Waals surface area contributed by atoms with Crippen molar-refractivity contribution in [3.8, 4) is 0 Å². The number of pyridine rings is 1. The van der Waals surface area contributed by atoms with Gasteiger partial charge in [-0.05, 0) is 67.7 Å². The number of carbonyl (C=O) groups excluding carboxylic acids is 1. The van der Waals surface area contributed by atoms with Crippen molar-refractivity contribution in [1.29, 1.82) is 0 Å². The first-order valence-corrected chi connectivity index (χ1v) is 13.9. The standard InChI is InChI=1S/C28H31ClF4N4O2/c29-22-5-3-18-13-20(14-21(18)24(22)30)35-23-6-4-19(15-34-23)25(28(31,32)33)37-11-12-39-27(26(37)38)7-9-36(10-8-27)16-17-1-2-17/h3-6,15,17,20,25H,1-2,7-14,16H2,(H,34,35). The van der Waals surface area contributed by atoms with Gasteiger partial charge >= 0.3 is 6.18 Å². The molecule has 6 rings (SSSR count). The van der Waals surface area contributed by atoms with Crippen LogP contribution in [0, 0.1) is 11.7 Å². The molecular weight excluding hydrogens is 536 g/mol. The van der Waals surface area contributed by atoms with E-state index in [1.807, 2.05) is 0 Å². The predicted octanol–water partition coefficient (Wildman–Crippen LogP) is 5.16. The van der Waals surface area contributed by atoms with Crippen LogP contribution in [0.5, 0.6) is 0 Å². The van der Waals surface area contributed by atoms with Crippen LogP contribution in [-0.2, 0) is 22.4 Å². The number of carbonyl (C=O) groups is 1. The Balaban J connectivity index is 1.15. The highest BCUT2D eigenvalue weighted by Crippen LogP contribution is 2.43. The Labute approximate surface area is 229 Å². The summed E-state index contributed by atoms with van der Waals surface area (Å²) in [6, 6.07) is 3.89. The lowest BCUT2D eigenvalue weighted by Gasteiger charge is -2.48. The summed E-state index contributed by atoms with van der Waals surface area (Å²) in [5, 5.41) is 3.26. The zero-order valence-corrected chi connectivity index (χ0v) is 22.2. The van der Waals surface area contributed by atoms with Crippen molar-refractivity contribution in [1.82, 2.24) is 14.8 Å². The summed E-state index contributed by atoms with van der Waals surface area (Å²) in [5.74, 6) is 0.0728. The van der Waals surface area contributed by atoms with Crippen LogP contribution in [0.25, 0.3) is 0 Å². The number of morpholine rings is 1. The van der Waals surface area contributed by atoms with Crippen LogP contribution in [0.1, 0.15) is 48.4 Å². The first-order chi connectivity index (χ1) is 18.6. The topological polar surface area (TPSA) is 57.7 Å². The molecule has 3 heterocycles. The number of anilines is 1. The third-order valence-corrected chi connectivity index (χ3v) is 8.82. The largest absolute Gasteiger partial charge is 0.413 e. The van der Waals surface area contributed by atoms with Crippen LogP contribution in [0.2, 0.25) is 5.02 Å². The molecule has 2 aliphatic heterocycles. The summed E-state index contributed by atoms with van der Waals surface area (Å²) in [7, 11) is 0. The zero-order valence-electron chi connectivity index (χ0n) is 21.4. The lowest BCUT2D eigenvalue weighted by atomic mass is 9.87. The van der Waals surface area contributed by atoms with Gasteiger partial charge in [0.25, 0.3) is 5.91 Å². The molecule has 2 saturated heterocycles. The van der Waals surface area contributed by atoms with Crippen LogP contribution >= 0.6 is 11.6 Å². The van der Waals surface area contributed by atoms with Gasteiger partial charge in [0.2, 0.25) is 0 Å². The fraction of sp³-hybridized carbons (Fsp3) is 0.571. The predicted molar refractivity (Wildman–Crippen MR) is 138 cm³/mol. The number of nitrogens with zero attached hydrogens (tertiary/aromatic N) is 3. The quantitative estimate of drug-likeness (QED) is 0.490. The molecule has 1 spiro atoms. The van der Waals surface area contributed by atoms with Gasteiger partial charge in [-0.25, -0.2) is 9.37 Å². The Hall–Kier alpha value is -2.43. The fourth-order valence-electron chi connectivity index (χ4n) is 6.27. The van der Waals surface area contributed by atoms with Crippen LogP contribution in [0.4, 0.5) is 23.4 Å². The Kier molecular flexibility index (Phi) is 7.00. The molecule has 1 aromatic carbocycles. The molecule has 6 nitrogen and oxygen atoms in total. The first-order valence-electron chi connectivity index (χ1n) is 13.6. The molecule has 11 heteroatoms. The number of halogens is 5. The number of ether oxygens (including phenoxy) is 1. The van der Waals surface area contributed by atoms with E-state index in [2.05, 4.69) is 15.2 Å². The summed E-state index contributed by atoms with van der Waals surface area (Å²) < 4.78 is 63.6. The average molecular weight is 567 g/mol. The van der Waals surface area contributed by atoms with E-state index in [0.29, 0.717) is 56.1 Å². The Morgan fingerprint density at radius 2 is 1.90 bits per heavy atom. The van der Waals surface area contributed by atoms with E-state index in [4.69, 9.17) is 16.3 Å². The minimum absolute atomic E-state index is 0.0663. The van der Waals surface area contributed by atoms with E-state index in [9.17, 15) is 22.4 Å². The number of piperidine rings is 1. The number of likely N-dealkylation sites (tertiary alicyclic amines) is 1. The maximum Gasteiger partial charge on any atom is 0.413 e. The highest BCUT2D eigenvalue weighted by molar-refractivity contribution is 6.30. The lowest BCUT2D eigenvalue weighted by Crippen LogP contribution is -2.62. The zero-order chi connectivity index (χ0) is 27.4. The van der Waals surface area contributed by atoms with Crippen molar-refractivity contribution < 1.29 is 27.1 Å². The van der Waals surface area contributed by atoms with Gasteiger partial charge in [0, 0.05) is 44.0 Å². The number of hydrogen-bond donors (Lipinski definition) is 1. The Morgan fingerprint density at radius 1 is 1.13 bits per heavy atom. The number of alkyl halides is 3. The van der Waals surface area contributed by atoms with Crippen LogP contribution in [-0.4, -0.2) is 71.3 Å². The molecule has 2 aliphatic carbocycles. The first kappa shape index (κ1) is 26.8. The maximum absolute atomic E-state index is 14.4. The molecule has 2 aromatic rings. The molecule has 1 amide bonds. The monoisotopic (exact) mass is 566 g/mol.